The molecular weight excluding hydrogens is 256 g/mol. The normalized spacial score (nSPS) is 17.8. The van der Waals surface area contributed by atoms with Crippen LogP contribution in [0.1, 0.15) is 26.2 Å². The van der Waals surface area contributed by atoms with E-state index in [0.29, 0.717) is 5.75 Å². The molecule has 0 aromatic carbocycles. The zero-order chi connectivity index (χ0) is 13.8. The van der Waals surface area contributed by atoms with Crippen LogP contribution in [0.4, 0.5) is 0 Å². The SMILES string of the molecule is CC(NC(=O)CCSCC(N)=O)(C(=O)O)C1CC1. The van der Waals surface area contributed by atoms with Crippen LogP contribution in [0.3, 0.4) is 0 Å². The lowest BCUT2D eigenvalue weighted by Crippen LogP contribution is -2.54. The van der Waals surface area contributed by atoms with Crippen LogP contribution in [0.2, 0.25) is 0 Å². The fourth-order valence-corrected chi connectivity index (χ4v) is 2.36. The highest BCUT2D eigenvalue weighted by Gasteiger charge is 2.48. The van der Waals surface area contributed by atoms with E-state index in [0.717, 1.165) is 12.8 Å². The zero-order valence-electron chi connectivity index (χ0n) is 10.3. The van der Waals surface area contributed by atoms with Gasteiger partial charge in [-0.1, -0.05) is 0 Å². The van der Waals surface area contributed by atoms with Crippen LogP contribution in [0.15, 0.2) is 0 Å². The van der Waals surface area contributed by atoms with Gasteiger partial charge in [0, 0.05) is 12.2 Å². The number of carbonyl (C=O) groups excluding carboxylic acids is 2. The Labute approximate surface area is 110 Å². The molecule has 0 aliphatic heterocycles. The minimum absolute atomic E-state index is 0.0252. The second-order valence-corrected chi connectivity index (χ2v) is 5.70. The Morgan fingerprint density at radius 1 is 1.44 bits per heavy atom. The van der Waals surface area contributed by atoms with Gasteiger partial charge in [-0.2, -0.15) is 11.8 Å². The maximum absolute atomic E-state index is 11.6. The molecule has 6 nitrogen and oxygen atoms in total. The zero-order valence-corrected chi connectivity index (χ0v) is 11.1. The number of carbonyl (C=O) groups is 3. The molecule has 0 aromatic heterocycles. The van der Waals surface area contributed by atoms with E-state index in [1.807, 2.05) is 0 Å². The van der Waals surface area contributed by atoms with Crippen molar-refractivity contribution in [2.75, 3.05) is 11.5 Å². The Balaban J connectivity index is 2.34. The van der Waals surface area contributed by atoms with Crippen molar-refractivity contribution in [3.05, 3.63) is 0 Å². The number of hydrogen-bond donors (Lipinski definition) is 3. The molecule has 2 amide bonds. The number of carboxylic acids is 1. The summed E-state index contributed by atoms with van der Waals surface area (Å²) in [7, 11) is 0. The van der Waals surface area contributed by atoms with Crippen LogP contribution in [0, 0.1) is 5.92 Å². The van der Waals surface area contributed by atoms with E-state index in [-0.39, 0.29) is 24.0 Å². The molecule has 0 aromatic rings. The molecule has 0 radical (unpaired) electrons. The molecule has 1 rings (SSSR count). The molecule has 1 atom stereocenters. The molecule has 0 spiro atoms. The van der Waals surface area contributed by atoms with Gasteiger partial charge in [0.2, 0.25) is 11.8 Å². The first-order chi connectivity index (χ1) is 8.36. The number of hydrogen-bond acceptors (Lipinski definition) is 4. The Morgan fingerprint density at radius 3 is 2.50 bits per heavy atom. The fourth-order valence-electron chi connectivity index (χ4n) is 1.68. The molecule has 18 heavy (non-hydrogen) atoms. The second-order valence-electron chi connectivity index (χ2n) is 4.60. The smallest absolute Gasteiger partial charge is 0.329 e. The summed E-state index contributed by atoms with van der Waals surface area (Å²) in [5.74, 6) is -1.07. The highest BCUT2D eigenvalue weighted by molar-refractivity contribution is 7.99. The van der Waals surface area contributed by atoms with Crippen molar-refractivity contribution in [3.63, 3.8) is 0 Å². The number of nitrogens with two attached hydrogens (primary N) is 1. The third-order valence-corrected chi connectivity index (χ3v) is 3.94. The summed E-state index contributed by atoms with van der Waals surface area (Å²) in [6.07, 6.45) is 1.85. The monoisotopic (exact) mass is 274 g/mol. The van der Waals surface area contributed by atoms with E-state index in [9.17, 15) is 14.4 Å². The highest BCUT2D eigenvalue weighted by atomic mass is 32.2. The van der Waals surface area contributed by atoms with Crippen molar-refractivity contribution in [3.8, 4) is 0 Å². The van der Waals surface area contributed by atoms with Crippen molar-refractivity contribution in [2.24, 2.45) is 11.7 Å². The van der Waals surface area contributed by atoms with E-state index in [1.54, 1.807) is 6.92 Å². The molecule has 0 heterocycles. The number of carboxylic acid groups (broad SMARTS) is 1. The third kappa shape index (κ3) is 4.21. The first-order valence-electron chi connectivity index (χ1n) is 5.76. The van der Waals surface area contributed by atoms with Crippen molar-refractivity contribution in [2.45, 2.75) is 31.7 Å². The van der Waals surface area contributed by atoms with Crippen molar-refractivity contribution in [1.29, 1.82) is 0 Å². The van der Waals surface area contributed by atoms with E-state index in [2.05, 4.69) is 5.32 Å². The average Bonchev–Trinajstić information content (AvgIpc) is 3.07. The predicted octanol–water partition coefficient (Wildman–Crippen LogP) is -0.0355. The van der Waals surface area contributed by atoms with E-state index in [1.165, 1.54) is 11.8 Å². The maximum atomic E-state index is 11.6. The van der Waals surface area contributed by atoms with Gasteiger partial charge in [0.1, 0.15) is 5.54 Å². The lowest BCUT2D eigenvalue weighted by atomic mass is 9.96. The minimum Gasteiger partial charge on any atom is -0.480 e. The first kappa shape index (κ1) is 14.8. The Hall–Kier alpha value is -1.24. The molecule has 1 fully saturated rings. The van der Waals surface area contributed by atoms with Crippen molar-refractivity contribution < 1.29 is 19.5 Å². The van der Waals surface area contributed by atoms with Crippen LogP contribution in [-0.4, -0.2) is 39.9 Å². The Morgan fingerprint density at radius 2 is 2.06 bits per heavy atom. The molecule has 4 N–H and O–H groups in total. The van der Waals surface area contributed by atoms with Crippen molar-refractivity contribution in [1.82, 2.24) is 5.32 Å². The van der Waals surface area contributed by atoms with Gasteiger partial charge in [-0.3, -0.25) is 9.59 Å². The van der Waals surface area contributed by atoms with Crippen LogP contribution >= 0.6 is 11.8 Å². The van der Waals surface area contributed by atoms with Crippen LogP contribution in [-0.2, 0) is 14.4 Å². The number of amides is 2. The van der Waals surface area contributed by atoms with Gasteiger partial charge in [0.05, 0.1) is 5.75 Å². The van der Waals surface area contributed by atoms with Crippen LogP contribution < -0.4 is 11.1 Å². The molecule has 102 valence electrons. The highest BCUT2D eigenvalue weighted by Crippen LogP contribution is 2.39. The quantitative estimate of drug-likeness (QED) is 0.538. The molecular formula is C11H18N2O4S. The summed E-state index contributed by atoms with van der Waals surface area (Å²) in [6.45, 7) is 1.54. The predicted molar refractivity (Wildman–Crippen MR) is 68.0 cm³/mol. The van der Waals surface area contributed by atoms with Gasteiger partial charge in [0.15, 0.2) is 0 Å². The van der Waals surface area contributed by atoms with Crippen LogP contribution in [0.5, 0.6) is 0 Å². The minimum atomic E-state index is -1.16. The number of thioether (sulfide) groups is 1. The van der Waals surface area contributed by atoms with Gasteiger partial charge in [-0.25, -0.2) is 4.79 Å². The third-order valence-electron chi connectivity index (χ3n) is 2.95. The molecule has 0 bridgehead atoms. The molecule has 7 heteroatoms. The van der Waals surface area contributed by atoms with Crippen molar-refractivity contribution >= 4 is 29.5 Å². The first-order valence-corrected chi connectivity index (χ1v) is 6.92. The number of aliphatic carboxylic acids is 1. The lowest BCUT2D eigenvalue weighted by molar-refractivity contribution is -0.147. The van der Waals surface area contributed by atoms with Gasteiger partial charge >= 0.3 is 5.97 Å². The molecule has 1 saturated carbocycles. The van der Waals surface area contributed by atoms with Gasteiger partial charge in [0.25, 0.3) is 0 Å². The summed E-state index contributed by atoms with van der Waals surface area (Å²) in [5.41, 5.74) is 3.80. The van der Waals surface area contributed by atoms with E-state index >= 15 is 0 Å². The van der Waals surface area contributed by atoms with Gasteiger partial charge in [-0.15, -0.1) is 0 Å². The summed E-state index contributed by atoms with van der Waals surface area (Å²) in [6, 6.07) is 0. The topological polar surface area (TPSA) is 109 Å². The summed E-state index contributed by atoms with van der Waals surface area (Å²) >= 11 is 1.27. The molecule has 0 saturated heterocycles. The standard InChI is InChI=1S/C11H18N2O4S/c1-11(10(16)17,7-2-3-7)13-9(15)4-5-18-6-8(12)14/h7H,2-6H2,1H3,(H2,12,14)(H,13,15)(H,16,17). The van der Waals surface area contributed by atoms with Crippen LogP contribution in [0.25, 0.3) is 0 Å². The second kappa shape index (κ2) is 6.08. The summed E-state index contributed by atoms with van der Waals surface area (Å²) < 4.78 is 0. The maximum Gasteiger partial charge on any atom is 0.329 e. The number of primary amides is 1. The molecule has 1 aliphatic rings. The lowest BCUT2D eigenvalue weighted by Gasteiger charge is -2.26. The van der Waals surface area contributed by atoms with E-state index < -0.39 is 17.4 Å². The Kier molecular flexibility index (Phi) is 5.01. The Bertz CT molecular complexity index is 357. The fraction of sp³-hybridized carbons (Fsp3) is 0.727. The average molecular weight is 274 g/mol. The number of nitrogens with one attached hydrogen (secondary N) is 1. The summed E-state index contributed by atoms with van der Waals surface area (Å²) in [5, 5.41) is 11.7. The molecule has 1 aliphatic carbocycles. The number of rotatable bonds is 8. The van der Waals surface area contributed by atoms with E-state index in [4.69, 9.17) is 10.8 Å². The summed E-state index contributed by atoms with van der Waals surface area (Å²) in [4.78, 5) is 33.3. The molecule has 1 unspecified atom stereocenters. The van der Waals surface area contributed by atoms with Gasteiger partial charge in [-0.05, 0) is 25.7 Å². The largest absolute Gasteiger partial charge is 0.480 e. The van der Waals surface area contributed by atoms with Gasteiger partial charge < -0.3 is 16.2 Å².